The van der Waals surface area contributed by atoms with Gasteiger partial charge < -0.3 is 10.2 Å². The summed E-state index contributed by atoms with van der Waals surface area (Å²) in [6.07, 6.45) is 1.08. The summed E-state index contributed by atoms with van der Waals surface area (Å²) in [5, 5.41) is 5.93. The first-order valence-electron chi connectivity index (χ1n) is 6.37. The van der Waals surface area contributed by atoms with Gasteiger partial charge in [0.1, 0.15) is 5.01 Å². The Morgan fingerprint density at radius 1 is 1.56 bits per heavy atom. The molecule has 2 amide bonds. The highest BCUT2D eigenvalue weighted by Crippen LogP contribution is 2.17. The summed E-state index contributed by atoms with van der Waals surface area (Å²) in [5.41, 5.74) is 1.00. The third-order valence-corrected chi connectivity index (χ3v) is 4.12. The monoisotopic (exact) mass is 269 g/mol. The maximum Gasteiger partial charge on any atom is 0.317 e. The predicted octanol–water partition coefficient (Wildman–Crippen LogP) is 3.20. The number of carbonyl (C=O) groups is 1. The van der Waals surface area contributed by atoms with E-state index >= 15 is 0 Å². The second kappa shape index (κ2) is 6.73. The zero-order chi connectivity index (χ0) is 13.7. The van der Waals surface area contributed by atoms with Gasteiger partial charge in [-0.3, -0.25) is 0 Å². The van der Waals surface area contributed by atoms with Crippen molar-refractivity contribution in [3.8, 4) is 0 Å². The van der Waals surface area contributed by atoms with Gasteiger partial charge in [-0.1, -0.05) is 20.3 Å². The van der Waals surface area contributed by atoms with Crippen LogP contribution in [0.15, 0.2) is 5.38 Å². The molecule has 0 saturated carbocycles. The molecule has 1 aromatic rings. The molecule has 0 aliphatic carbocycles. The molecular formula is C13H23N3OS. The molecule has 18 heavy (non-hydrogen) atoms. The lowest BCUT2D eigenvalue weighted by Crippen LogP contribution is -2.40. The third-order valence-electron chi connectivity index (χ3n) is 2.98. The van der Waals surface area contributed by atoms with Crippen molar-refractivity contribution in [1.82, 2.24) is 15.2 Å². The fourth-order valence-corrected chi connectivity index (χ4v) is 2.41. The molecule has 5 heteroatoms. The number of urea groups is 1. The largest absolute Gasteiger partial charge is 0.329 e. The summed E-state index contributed by atoms with van der Waals surface area (Å²) in [6.45, 7) is 9.00. The molecule has 0 saturated heterocycles. The van der Waals surface area contributed by atoms with Gasteiger partial charge in [0.25, 0.3) is 0 Å². The number of nitrogens with one attached hydrogen (secondary N) is 1. The third kappa shape index (κ3) is 4.29. The van der Waals surface area contributed by atoms with Crippen LogP contribution in [0, 0.1) is 12.8 Å². The first kappa shape index (κ1) is 15.0. The highest BCUT2D eigenvalue weighted by molar-refractivity contribution is 7.09. The molecule has 1 N–H and O–H groups in total. The van der Waals surface area contributed by atoms with E-state index in [1.54, 1.807) is 16.2 Å². The summed E-state index contributed by atoms with van der Waals surface area (Å²) in [6, 6.07) is -0.0637. The lowest BCUT2D eigenvalue weighted by molar-refractivity contribution is 0.198. The number of hydrogen-bond donors (Lipinski definition) is 1. The number of nitrogens with zero attached hydrogens (tertiary/aromatic N) is 2. The van der Waals surface area contributed by atoms with Crippen LogP contribution < -0.4 is 5.32 Å². The minimum Gasteiger partial charge on any atom is -0.329 e. The number of rotatable bonds is 5. The van der Waals surface area contributed by atoms with E-state index in [1.807, 2.05) is 26.3 Å². The molecule has 0 bridgehead atoms. The molecule has 0 aromatic carbocycles. The number of hydrogen-bond acceptors (Lipinski definition) is 3. The SMILES string of the molecule is CCC(C)CN(C)C(=O)NC(C)c1nc(C)cs1. The molecule has 0 aliphatic rings. The summed E-state index contributed by atoms with van der Waals surface area (Å²) < 4.78 is 0. The Kier molecular flexibility index (Phi) is 5.59. The van der Waals surface area contributed by atoms with Crippen molar-refractivity contribution in [2.75, 3.05) is 13.6 Å². The fraction of sp³-hybridized carbons (Fsp3) is 0.692. The Balaban J connectivity index is 2.49. The van der Waals surface area contributed by atoms with E-state index < -0.39 is 0 Å². The van der Waals surface area contributed by atoms with Crippen molar-refractivity contribution in [2.45, 2.75) is 40.2 Å². The molecule has 1 rings (SSSR count). The van der Waals surface area contributed by atoms with E-state index in [0.717, 1.165) is 23.7 Å². The maximum absolute atomic E-state index is 12.0. The Hall–Kier alpha value is -1.10. The van der Waals surface area contributed by atoms with Gasteiger partial charge in [0.2, 0.25) is 0 Å². The van der Waals surface area contributed by atoms with Crippen LogP contribution in [0.5, 0.6) is 0 Å². The average Bonchev–Trinajstić information content (AvgIpc) is 2.75. The quantitative estimate of drug-likeness (QED) is 0.892. The average molecular weight is 269 g/mol. The number of aryl methyl sites for hydroxylation is 1. The minimum absolute atomic E-state index is 0.0318. The van der Waals surface area contributed by atoms with E-state index in [-0.39, 0.29) is 12.1 Å². The fourth-order valence-electron chi connectivity index (χ4n) is 1.61. The van der Waals surface area contributed by atoms with Gasteiger partial charge in [-0.15, -0.1) is 11.3 Å². The number of thiazole rings is 1. The highest BCUT2D eigenvalue weighted by atomic mass is 32.1. The zero-order valence-electron chi connectivity index (χ0n) is 11.9. The summed E-state index contributed by atoms with van der Waals surface area (Å²) in [7, 11) is 1.83. The summed E-state index contributed by atoms with van der Waals surface area (Å²) in [5.74, 6) is 0.526. The van der Waals surface area contributed by atoms with Crippen LogP contribution >= 0.6 is 11.3 Å². The van der Waals surface area contributed by atoms with Crippen molar-refractivity contribution < 1.29 is 4.79 Å². The topological polar surface area (TPSA) is 45.2 Å². The van der Waals surface area contributed by atoms with Crippen LogP contribution in [0.2, 0.25) is 0 Å². The van der Waals surface area contributed by atoms with Gasteiger partial charge in [-0.05, 0) is 19.8 Å². The first-order chi connectivity index (χ1) is 8.43. The molecule has 102 valence electrons. The van der Waals surface area contributed by atoms with Crippen LogP contribution in [-0.4, -0.2) is 29.5 Å². The minimum atomic E-state index is -0.0319. The molecule has 0 spiro atoms. The van der Waals surface area contributed by atoms with Crippen LogP contribution in [0.4, 0.5) is 4.79 Å². The zero-order valence-corrected chi connectivity index (χ0v) is 12.7. The normalized spacial score (nSPS) is 14.1. The number of carbonyl (C=O) groups excluding carboxylic acids is 1. The van der Waals surface area contributed by atoms with Crippen molar-refractivity contribution >= 4 is 17.4 Å². The molecular weight excluding hydrogens is 246 g/mol. The molecule has 0 radical (unpaired) electrons. The van der Waals surface area contributed by atoms with Crippen molar-refractivity contribution in [3.05, 3.63) is 16.1 Å². The Morgan fingerprint density at radius 2 is 2.22 bits per heavy atom. The smallest absolute Gasteiger partial charge is 0.317 e. The van der Waals surface area contributed by atoms with Gasteiger partial charge in [0.15, 0.2) is 0 Å². The molecule has 4 nitrogen and oxygen atoms in total. The molecule has 0 aliphatic heterocycles. The number of amides is 2. The Bertz CT molecular complexity index is 391. The van der Waals surface area contributed by atoms with Crippen LogP contribution in [0.1, 0.15) is 43.9 Å². The van der Waals surface area contributed by atoms with Crippen molar-refractivity contribution in [2.24, 2.45) is 5.92 Å². The van der Waals surface area contributed by atoms with Crippen LogP contribution in [0.25, 0.3) is 0 Å². The number of aromatic nitrogens is 1. The van der Waals surface area contributed by atoms with Crippen molar-refractivity contribution in [1.29, 1.82) is 0 Å². The first-order valence-corrected chi connectivity index (χ1v) is 7.25. The standard InChI is InChI=1S/C13H23N3OS/c1-6-9(2)7-16(5)13(17)15-11(4)12-14-10(3)8-18-12/h8-9,11H,6-7H2,1-5H3,(H,15,17). The summed E-state index contributed by atoms with van der Waals surface area (Å²) in [4.78, 5) is 18.1. The van der Waals surface area contributed by atoms with E-state index in [4.69, 9.17) is 0 Å². The predicted molar refractivity (Wildman–Crippen MR) is 75.9 cm³/mol. The van der Waals surface area contributed by atoms with Gasteiger partial charge in [-0.2, -0.15) is 0 Å². The Labute approximate surface area is 113 Å². The molecule has 0 fully saturated rings. The second-order valence-electron chi connectivity index (χ2n) is 4.89. The lowest BCUT2D eigenvalue weighted by atomic mass is 10.1. The van der Waals surface area contributed by atoms with Gasteiger partial charge in [0.05, 0.1) is 6.04 Å². The molecule has 1 aromatic heterocycles. The van der Waals surface area contributed by atoms with Crippen LogP contribution in [-0.2, 0) is 0 Å². The maximum atomic E-state index is 12.0. The summed E-state index contributed by atoms with van der Waals surface area (Å²) >= 11 is 1.59. The highest BCUT2D eigenvalue weighted by Gasteiger charge is 2.16. The molecule has 2 atom stereocenters. The molecule has 1 heterocycles. The van der Waals surface area contributed by atoms with Gasteiger partial charge >= 0.3 is 6.03 Å². The van der Waals surface area contributed by atoms with E-state index in [1.165, 1.54) is 0 Å². The van der Waals surface area contributed by atoms with Gasteiger partial charge in [0, 0.05) is 24.7 Å². The van der Waals surface area contributed by atoms with E-state index in [9.17, 15) is 4.79 Å². The Morgan fingerprint density at radius 3 is 2.72 bits per heavy atom. The van der Waals surface area contributed by atoms with E-state index in [0.29, 0.717) is 5.92 Å². The van der Waals surface area contributed by atoms with Crippen LogP contribution in [0.3, 0.4) is 0 Å². The van der Waals surface area contributed by atoms with Gasteiger partial charge in [-0.25, -0.2) is 9.78 Å². The second-order valence-corrected chi connectivity index (χ2v) is 5.78. The lowest BCUT2D eigenvalue weighted by Gasteiger charge is -2.23. The molecule has 2 unspecified atom stereocenters. The van der Waals surface area contributed by atoms with E-state index in [2.05, 4.69) is 24.1 Å². The van der Waals surface area contributed by atoms with Crippen molar-refractivity contribution in [3.63, 3.8) is 0 Å².